The van der Waals surface area contributed by atoms with Crippen LogP contribution in [0.1, 0.15) is 24.8 Å². The second kappa shape index (κ2) is 7.50. The molecule has 0 aliphatic heterocycles. The molecule has 2 N–H and O–H groups in total. The number of benzene rings is 1. The van der Waals surface area contributed by atoms with Gasteiger partial charge in [0.2, 0.25) is 0 Å². The van der Waals surface area contributed by atoms with Gasteiger partial charge < -0.3 is 15.4 Å². The normalized spacial score (nSPS) is 23.3. The summed E-state index contributed by atoms with van der Waals surface area (Å²) in [4.78, 5) is 25.4. The highest BCUT2D eigenvalue weighted by Gasteiger charge is 2.68. The van der Waals surface area contributed by atoms with Gasteiger partial charge in [-0.2, -0.15) is 0 Å². The van der Waals surface area contributed by atoms with Crippen LogP contribution in [-0.2, 0) is 4.79 Å². The zero-order valence-electron chi connectivity index (χ0n) is 17.1. The van der Waals surface area contributed by atoms with E-state index in [1.165, 1.54) is 0 Å². The van der Waals surface area contributed by atoms with E-state index in [1.54, 1.807) is 36.9 Å². The van der Waals surface area contributed by atoms with Crippen molar-refractivity contribution in [3.8, 4) is 17.0 Å². The van der Waals surface area contributed by atoms with E-state index in [9.17, 15) is 4.79 Å². The van der Waals surface area contributed by atoms with Crippen LogP contribution in [0.2, 0.25) is 5.02 Å². The van der Waals surface area contributed by atoms with Gasteiger partial charge in [-0.05, 0) is 62.1 Å². The Kier molecular flexibility index (Phi) is 4.78. The van der Waals surface area contributed by atoms with Crippen molar-refractivity contribution in [3.05, 3.63) is 65.7 Å². The summed E-state index contributed by atoms with van der Waals surface area (Å²) in [5.74, 6) is 1.27. The van der Waals surface area contributed by atoms with Crippen LogP contribution in [0.15, 0.2) is 55.1 Å². The molecule has 0 radical (unpaired) electrons. The Morgan fingerprint density at radius 2 is 1.97 bits per heavy atom. The minimum Gasteiger partial charge on any atom is -0.484 e. The number of amides is 1. The van der Waals surface area contributed by atoms with Crippen molar-refractivity contribution in [2.45, 2.75) is 37.3 Å². The number of aromatic nitrogens is 3. The number of carbonyl (C=O) groups excluding carboxylic acids is 1. The molecule has 1 aromatic carbocycles. The molecule has 7 nitrogen and oxygen atoms in total. The molecular formula is C23H22ClN5O2. The van der Waals surface area contributed by atoms with Crippen molar-refractivity contribution in [1.82, 2.24) is 20.3 Å². The quantitative estimate of drug-likeness (QED) is 0.587. The molecule has 1 amide bonds. The van der Waals surface area contributed by atoms with Gasteiger partial charge in [0.05, 0.1) is 18.1 Å². The van der Waals surface area contributed by atoms with Gasteiger partial charge >= 0.3 is 0 Å². The standard InChI is InChI=1S/C23H22ClN5O2/c1-15-7-17(4-5-18(15)24)31-11-21(30)29-23-12-22(13-23,14-23)28-20-10-26-19(9-27-20)16-3-2-6-25-8-16/h2-10H,11-14H2,1H3,(H,27,28)(H,29,30). The Morgan fingerprint density at radius 3 is 2.65 bits per heavy atom. The van der Waals surface area contributed by atoms with Gasteiger partial charge in [-0.3, -0.25) is 14.8 Å². The van der Waals surface area contributed by atoms with E-state index >= 15 is 0 Å². The maximum Gasteiger partial charge on any atom is 0.258 e. The van der Waals surface area contributed by atoms with Gasteiger partial charge in [0.15, 0.2) is 6.61 Å². The van der Waals surface area contributed by atoms with Crippen LogP contribution in [0, 0.1) is 6.92 Å². The van der Waals surface area contributed by atoms with E-state index in [0.29, 0.717) is 10.8 Å². The number of pyridine rings is 1. The number of nitrogens with zero attached hydrogens (tertiary/aromatic N) is 3. The molecule has 3 saturated carbocycles. The molecule has 31 heavy (non-hydrogen) atoms. The fraction of sp³-hybridized carbons (Fsp3) is 0.304. The summed E-state index contributed by atoms with van der Waals surface area (Å²) < 4.78 is 5.59. The fourth-order valence-corrected chi connectivity index (χ4v) is 4.69. The summed E-state index contributed by atoms with van der Waals surface area (Å²) in [5.41, 5.74) is 2.50. The number of nitrogens with one attached hydrogen (secondary N) is 2. The van der Waals surface area contributed by atoms with Crippen molar-refractivity contribution >= 4 is 23.3 Å². The van der Waals surface area contributed by atoms with Gasteiger partial charge in [0, 0.05) is 34.1 Å². The molecule has 2 heterocycles. The first-order valence-electron chi connectivity index (χ1n) is 10.2. The van der Waals surface area contributed by atoms with Crippen molar-refractivity contribution in [2.75, 3.05) is 11.9 Å². The molecule has 3 aliphatic carbocycles. The predicted molar refractivity (Wildman–Crippen MR) is 118 cm³/mol. The number of halogens is 1. The van der Waals surface area contributed by atoms with Gasteiger partial charge in [0.25, 0.3) is 5.91 Å². The van der Waals surface area contributed by atoms with E-state index in [1.807, 2.05) is 25.1 Å². The number of hydrogen-bond acceptors (Lipinski definition) is 6. The summed E-state index contributed by atoms with van der Waals surface area (Å²) in [7, 11) is 0. The number of anilines is 1. The lowest BCUT2D eigenvalue weighted by Crippen LogP contribution is -2.81. The molecule has 0 saturated heterocycles. The molecule has 0 atom stereocenters. The minimum absolute atomic E-state index is 0.00801. The Morgan fingerprint density at radius 1 is 1.13 bits per heavy atom. The van der Waals surface area contributed by atoms with Crippen LogP contribution in [-0.4, -0.2) is 38.5 Å². The smallest absolute Gasteiger partial charge is 0.258 e. The SMILES string of the molecule is Cc1cc(OCC(=O)NC23CC(Nc4cnc(-c5cccnc5)cn4)(C2)C3)ccc1Cl. The monoisotopic (exact) mass is 435 g/mol. The number of aryl methyl sites for hydroxylation is 1. The van der Waals surface area contributed by atoms with Crippen LogP contribution < -0.4 is 15.4 Å². The summed E-state index contributed by atoms with van der Waals surface area (Å²) in [5, 5.41) is 7.29. The maximum atomic E-state index is 12.3. The summed E-state index contributed by atoms with van der Waals surface area (Å²) in [6.45, 7) is 1.89. The zero-order valence-corrected chi connectivity index (χ0v) is 17.8. The Balaban J connectivity index is 1.10. The molecular weight excluding hydrogens is 414 g/mol. The first-order valence-corrected chi connectivity index (χ1v) is 10.5. The minimum atomic E-state index is -0.133. The number of ether oxygens (including phenoxy) is 1. The van der Waals surface area contributed by atoms with Gasteiger partial charge in [0.1, 0.15) is 11.6 Å². The Bertz CT molecular complexity index is 1100. The highest BCUT2D eigenvalue weighted by molar-refractivity contribution is 6.31. The lowest BCUT2D eigenvalue weighted by atomic mass is 9.44. The lowest BCUT2D eigenvalue weighted by Gasteiger charge is -2.70. The fourth-order valence-electron chi connectivity index (χ4n) is 4.57. The highest BCUT2D eigenvalue weighted by atomic mass is 35.5. The molecule has 2 bridgehead atoms. The van der Waals surface area contributed by atoms with Crippen LogP contribution >= 0.6 is 11.6 Å². The van der Waals surface area contributed by atoms with E-state index in [-0.39, 0.29) is 23.6 Å². The highest BCUT2D eigenvalue weighted by Crippen LogP contribution is 2.61. The van der Waals surface area contributed by atoms with E-state index in [4.69, 9.17) is 16.3 Å². The average molecular weight is 436 g/mol. The number of hydrogen-bond donors (Lipinski definition) is 2. The van der Waals surface area contributed by atoms with Crippen molar-refractivity contribution in [3.63, 3.8) is 0 Å². The molecule has 3 fully saturated rings. The number of rotatable bonds is 7. The van der Waals surface area contributed by atoms with Crippen LogP contribution in [0.3, 0.4) is 0 Å². The summed E-state index contributed by atoms with van der Waals surface area (Å²) in [6, 6.07) is 9.20. The summed E-state index contributed by atoms with van der Waals surface area (Å²) in [6.07, 6.45) is 9.61. The number of carbonyl (C=O) groups is 1. The molecule has 2 aromatic heterocycles. The van der Waals surface area contributed by atoms with Crippen LogP contribution in [0.5, 0.6) is 5.75 Å². The topological polar surface area (TPSA) is 89.0 Å². The van der Waals surface area contributed by atoms with Gasteiger partial charge in [-0.15, -0.1) is 0 Å². The average Bonchev–Trinajstić information content (AvgIpc) is 2.73. The Labute approximate surface area is 185 Å². The van der Waals surface area contributed by atoms with Crippen LogP contribution in [0.4, 0.5) is 5.82 Å². The molecule has 6 rings (SSSR count). The molecule has 0 spiro atoms. The predicted octanol–water partition coefficient (Wildman–Crippen LogP) is 3.78. The first-order chi connectivity index (χ1) is 14.9. The summed E-state index contributed by atoms with van der Waals surface area (Å²) >= 11 is 6.02. The van der Waals surface area contributed by atoms with Crippen molar-refractivity contribution in [2.24, 2.45) is 0 Å². The van der Waals surface area contributed by atoms with E-state index < -0.39 is 0 Å². The van der Waals surface area contributed by atoms with E-state index in [0.717, 1.165) is 41.9 Å². The molecule has 3 aliphatic rings. The molecule has 8 heteroatoms. The van der Waals surface area contributed by atoms with Gasteiger partial charge in [-0.25, -0.2) is 4.98 Å². The Hall–Kier alpha value is -3.19. The lowest BCUT2D eigenvalue weighted by molar-refractivity contribution is -0.135. The largest absolute Gasteiger partial charge is 0.484 e. The third-order valence-corrected chi connectivity index (χ3v) is 6.36. The molecule has 0 unspecified atom stereocenters. The second-order valence-electron chi connectivity index (χ2n) is 8.49. The maximum absolute atomic E-state index is 12.3. The van der Waals surface area contributed by atoms with Crippen LogP contribution in [0.25, 0.3) is 11.3 Å². The third kappa shape index (κ3) is 3.93. The molecule has 3 aromatic rings. The first kappa shape index (κ1) is 19.8. The van der Waals surface area contributed by atoms with E-state index in [2.05, 4.69) is 25.6 Å². The van der Waals surface area contributed by atoms with Crippen molar-refractivity contribution in [1.29, 1.82) is 0 Å². The van der Waals surface area contributed by atoms with Gasteiger partial charge in [-0.1, -0.05) is 11.6 Å². The molecule has 158 valence electrons. The second-order valence-corrected chi connectivity index (χ2v) is 8.90. The third-order valence-electron chi connectivity index (χ3n) is 5.94. The zero-order chi connectivity index (χ0) is 21.5. The van der Waals surface area contributed by atoms with Crippen molar-refractivity contribution < 1.29 is 9.53 Å².